The molecule has 146 valence electrons. The summed E-state index contributed by atoms with van der Waals surface area (Å²) in [6.45, 7) is 0. The van der Waals surface area contributed by atoms with Crippen molar-refractivity contribution in [2.75, 3.05) is 0 Å². The lowest BCUT2D eigenvalue weighted by atomic mass is 10.1. The molecule has 0 atom stereocenters. The summed E-state index contributed by atoms with van der Waals surface area (Å²) >= 11 is 0. The molecule has 0 saturated carbocycles. The van der Waals surface area contributed by atoms with E-state index in [9.17, 15) is 25.3 Å². The van der Waals surface area contributed by atoms with Crippen LogP contribution in [0.15, 0.2) is 69.9 Å². The number of nitro groups is 1. The van der Waals surface area contributed by atoms with E-state index >= 15 is 0 Å². The highest BCUT2D eigenvalue weighted by Gasteiger charge is 2.18. The second-order valence-corrected chi connectivity index (χ2v) is 6.24. The quantitative estimate of drug-likeness (QED) is 0.227. The fourth-order valence-corrected chi connectivity index (χ4v) is 2.94. The normalized spacial score (nSPS) is 11.7. The maximum absolute atomic E-state index is 12.3. The van der Waals surface area contributed by atoms with Gasteiger partial charge in [-0.2, -0.15) is 5.26 Å². The number of fused-ring (bicyclic) bond motifs is 1. The molecule has 0 amide bonds. The number of rotatable bonds is 4. The second kappa shape index (κ2) is 7.37. The van der Waals surface area contributed by atoms with E-state index in [1.54, 1.807) is 30.3 Å². The fraction of sp³-hybridized carbons (Fsp3) is 0. The number of nitrogens with zero attached hydrogens (tertiary/aromatic N) is 3. The predicted octanol–water partition coefficient (Wildman–Crippen LogP) is 4.04. The standard InChI is InChI=1S/C21H12N4O5/c22-11-15(20-23-16-7-2-1-6-14(16)21(27)24-20)19(26)18-9-8-17(30-18)12-4-3-5-13(10-12)25(28)29/h1-10,26H,(H,23,24,27). The number of nitrogens with one attached hydrogen (secondary N) is 1. The zero-order chi connectivity index (χ0) is 21.3. The van der Waals surface area contributed by atoms with Gasteiger partial charge in [0, 0.05) is 17.7 Å². The number of nitriles is 1. The molecule has 0 unspecified atom stereocenters. The largest absolute Gasteiger partial charge is 0.503 e. The van der Waals surface area contributed by atoms with Crippen molar-refractivity contribution in [1.82, 2.24) is 9.97 Å². The van der Waals surface area contributed by atoms with E-state index < -0.39 is 16.2 Å². The molecular weight excluding hydrogens is 388 g/mol. The van der Waals surface area contributed by atoms with Crippen LogP contribution in [0.4, 0.5) is 5.69 Å². The summed E-state index contributed by atoms with van der Waals surface area (Å²) < 4.78 is 5.59. The molecule has 2 aromatic heterocycles. The smallest absolute Gasteiger partial charge is 0.270 e. The number of benzene rings is 2. The van der Waals surface area contributed by atoms with Crippen molar-refractivity contribution in [2.24, 2.45) is 0 Å². The summed E-state index contributed by atoms with van der Waals surface area (Å²) in [5, 5.41) is 31.5. The molecule has 0 bridgehead atoms. The molecule has 2 heterocycles. The minimum absolute atomic E-state index is 0.0520. The first-order chi connectivity index (χ1) is 14.5. The topological polar surface area (TPSA) is 146 Å². The Morgan fingerprint density at radius 3 is 2.73 bits per heavy atom. The Morgan fingerprint density at radius 1 is 1.17 bits per heavy atom. The van der Waals surface area contributed by atoms with Gasteiger partial charge >= 0.3 is 0 Å². The van der Waals surface area contributed by atoms with Gasteiger partial charge in [0.1, 0.15) is 17.4 Å². The number of aromatic nitrogens is 2. The van der Waals surface area contributed by atoms with Crippen LogP contribution in [0, 0.1) is 21.4 Å². The molecule has 0 aliphatic heterocycles. The molecule has 4 aromatic rings. The molecule has 2 aromatic carbocycles. The van der Waals surface area contributed by atoms with Crippen LogP contribution in [-0.2, 0) is 0 Å². The maximum atomic E-state index is 12.3. The van der Waals surface area contributed by atoms with Crippen molar-refractivity contribution in [2.45, 2.75) is 0 Å². The van der Waals surface area contributed by atoms with Crippen LogP contribution in [0.1, 0.15) is 11.6 Å². The van der Waals surface area contributed by atoms with Gasteiger partial charge < -0.3 is 14.5 Å². The van der Waals surface area contributed by atoms with Crippen molar-refractivity contribution >= 4 is 27.9 Å². The lowest BCUT2D eigenvalue weighted by molar-refractivity contribution is -0.384. The van der Waals surface area contributed by atoms with E-state index in [0.29, 0.717) is 16.5 Å². The van der Waals surface area contributed by atoms with E-state index in [1.165, 1.54) is 30.3 Å². The van der Waals surface area contributed by atoms with Gasteiger partial charge in [-0.25, -0.2) is 4.98 Å². The number of nitro benzene ring substituents is 1. The van der Waals surface area contributed by atoms with E-state index in [4.69, 9.17) is 4.42 Å². The number of hydrogen-bond donors (Lipinski definition) is 2. The van der Waals surface area contributed by atoms with Crippen LogP contribution in [0.2, 0.25) is 0 Å². The number of para-hydroxylation sites is 1. The van der Waals surface area contributed by atoms with Gasteiger partial charge in [0.2, 0.25) is 0 Å². The maximum Gasteiger partial charge on any atom is 0.270 e. The molecule has 0 aliphatic carbocycles. The third kappa shape index (κ3) is 3.29. The van der Waals surface area contributed by atoms with Crippen molar-refractivity contribution in [3.63, 3.8) is 0 Å². The van der Waals surface area contributed by atoms with Crippen LogP contribution in [0.25, 0.3) is 33.6 Å². The van der Waals surface area contributed by atoms with Crippen molar-refractivity contribution < 1.29 is 14.4 Å². The number of allylic oxidation sites excluding steroid dienone is 1. The Hall–Kier alpha value is -4.71. The monoisotopic (exact) mass is 400 g/mol. The fourth-order valence-electron chi connectivity index (χ4n) is 2.94. The summed E-state index contributed by atoms with van der Waals surface area (Å²) in [7, 11) is 0. The highest BCUT2D eigenvalue weighted by molar-refractivity contribution is 5.92. The van der Waals surface area contributed by atoms with Crippen LogP contribution in [0.3, 0.4) is 0 Å². The van der Waals surface area contributed by atoms with Crippen LogP contribution in [0.5, 0.6) is 0 Å². The average Bonchev–Trinajstić information content (AvgIpc) is 3.25. The average molecular weight is 400 g/mol. The SMILES string of the molecule is N#CC(=C(O)c1ccc(-c2cccc([N+](=O)[O-])c2)o1)c1nc2ccccc2c(=O)[nH]1. The van der Waals surface area contributed by atoms with E-state index in [2.05, 4.69) is 9.97 Å². The van der Waals surface area contributed by atoms with Crippen molar-refractivity contribution in [3.8, 4) is 17.4 Å². The molecule has 9 nitrogen and oxygen atoms in total. The molecule has 0 saturated heterocycles. The molecule has 0 fully saturated rings. The Labute approximate surface area is 168 Å². The highest BCUT2D eigenvalue weighted by atomic mass is 16.6. The summed E-state index contributed by atoms with van der Waals surface area (Å²) in [6, 6.07) is 17.2. The summed E-state index contributed by atoms with van der Waals surface area (Å²) in [6.07, 6.45) is 0. The minimum atomic E-state index is -0.528. The number of furan rings is 1. The first-order valence-electron chi connectivity index (χ1n) is 8.65. The minimum Gasteiger partial charge on any atom is -0.503 e. The zero-order valence-corrected chi connectivity index (χ0v) is 15.2. The van der Waals surface area contributed by atoms with Gasteiger partial charge in [-0.15, -0.1) is 0 Å². The van der Waals surface area contributed by atoms with Gasteiger partial charge in [-0.05, 0) is 24.3 Å². The van der Waals surface area contributed by atoms with Gasteiger partial charge in [-0.1, -0.05) is 24.3 Å². The first-order valence-corrected chi connectivity index (χ1v) is 8.65. The summed E-state index contributed by atoms with van der Waals surface area (Å²) in [5.74, 6) is -0.416. The summed E-state index contributed by atoms with van der Waals surface area (Å²) in [4.78, 5) is 29.4. The molecule has 30 heavy (non-hydrogen) atoms. The van der Waals surface area contributed by atoms with Gasteiger partial charge in [0.15, 0.2) is 17.3 Å². The Bertz CT molecular complexity index is 1430. The van der Waals surface area contributed by atoms with Gasteiger partial charge in [0.25, 0.3) is 11.2 Å². The molecule has 4 rings (SSSR count). The third-order valence-electron chi connectivity index (χ3n) is 4.38. The van der Waals surface area contributed by atoms with E-state index in [1.807, 2.05) is 6.07 Å². The number of aromatic amines is 1. The molecular formula is C21H12N4O5. The second-order valence-electron chi connectivity index (χ2n) is 6.24. The lowest BCUT2D eigenvalue weighted by Gasteiger charge is -2.04. The number of H-pyrrole nitrogens is 1. The number of hydrogen-bond acceptors (Lipinski definition) is 7. The number of aliphatic hydroxyl groups excluding tert-OH is 1. The van der Waals surface area contributed by atoms with E-state index in [-0.39, 0.29) is 28.6 Å². The first kappa shape index (κ1) is 18.6. The van der Waals surface area contributed by atoms with Crippen LogP contribution >= 0.6 is 0 Å². The van der Waals surface area contributed by atoms with Crippen molar-refractivity contribution in [1.29, 1.82) is 5.26 Å². The molecule has 2 N–H and O–H groups in total. The van der Waals surface area contributed by atoms with Crippen molar-refractivity contribution in [3.05, 3.63) is 92.7 Å². The van der Waals surface area contributed by atoms with Gasteiger partial charge in [-0.3, -0.25) is 14.9 Å². The van der Waals surface area contributed by atoms with Gasteiger partial charge in [0.05, 0.1) is 15.8 Å². The zero-order valence-electron chi connectivity index (χ0n) is 15.2. The molecule has 0 radical (unpaired) electrons. The lowest BCUT2D eigenvalue weighted by Crippen LogP contribution is -2.11. The molecule has 0 aliphatic rings. The Kier molecular flexibility index (Phi) is 4.58. The number of aliphatic hydroxyl groups is 1. The molecule has 0 spiro atoms. The van der Waals surface area contributed by atoms with Crippen LogP contribution < -0.4 is 5.56 Å². The van der Waals surface area contributed by atoms with E-state index in [0.717, 1.165) is 0 Å². The summed E-state index contributed by atoms with van der Waals surface area (Å²) in [5.41, 5.74) is -0.0425. The number of non-ortho nitro benzene ring substituents is 1. The molecule has 9 heteroatoms. The Morgan fingerprint density at radius 2 is 1.97 bits per heavy atom. The predicted molar refractivity (Wildman–Crippen MR) is 108 cm³/mol. The highest BCUT2D eigenvalue weighted by Crippen LogP contribution is 2.30. The Balaban J connectivity index is 1.79. The van der Waals surface area contributed by atoms with Crippen LogP contribution in [-0.4, -0.2) is 20.0 Å². The third-order valence-corrected chi connectivity index (χ3v) is 4.38.